The average molecular weight is 284 g/mol. The van der Waals surface area contributed by atoms with E-state index >= 15 is 0 Å². The first-order valence-corrected chi connectivity index (χ1v) is 7.34. The number of nitrogens with one attached hydrogen (secondary N) is 1. The predicted molar refractivity (Wildman–Crippen MR) is 82.2 cm³/mol. The van der Waals surface area contributed by atoms with Gasteiger partial charge in [-0.2, -0.15) is 5.10 Å². The number of rotatable bonds is 3. The molecule has 5 heteroatoms. The van der Waals surface area contributed by atoms with Crippen molar-refractivity contribution in [2.75, 3.05) is 5.73 Å². The van der Waals surface area contributed by atoms with Gasteiger partial charge in [-0.3, -0.25) is 4.79 Å². The third kappa shape index (κ3) is 3.07. The second kappa shape index (κ2) is 5.60. The van der Waals surface area contributed by atoms with Crippen molar-refractivity contribution < 1.29 is 4.79 Å². The molecule has 21 heavy (non-hydrogen) atoms. The summed E-state index contributed by atoms with van der Waals surface area (Å²) in [5, 5.41) is 7.40. The zero-order valence-electron chi connectivity index (χ0n) is 12.1. The Kier molecular flexibility index (Phi) is 3.64. The van der Waals surface area contributed by atoms with Gasteiger partial charge < -0.3 is 11.1 Å². The highest BCUT2D eigenvalue weighted by Crippen LogP contribution is 2.24. The monoisotopic (exact) mass is 284 g/mol. The molecule has 0 spiro atoms. The lowest BCUT2D eigenvalue weighted by molar-refractivity contribution is 0.0932. The van der Waals surface area contributed by atoms with Crippen LogP contribution in [-0.4, -0.2) is 21.7 Å². The van der Waals surface area contributed by atoms with E-state index in [0.717, 1.165) is 18.5 Å². The summed E-state index contributed by atoms with van der Waals surface area (Å²) in [6, 6.07) is 9.41. The number of anilines is 1. The number of carbonyl (C=O) groups excluding carboxylic acids is 1. The molecule has 1 aliphatic rings. The Balaban J connectivity index is 1.69. The van der Waals surface area contributed by atoms with Crippen molar-refractivity contribution in [3.8, 4) is 5.69 Å². The predicted octanol–water partition coefficient (Wildman–Crippen LogP) is 2.37. The van der Waals surface area contributed by atoms with Crippen molar-refractivity contribution in [1.29, 1.82) is 0 Å². The Bertz CT molecular complexity index is 632. The molecule has 1 saturated carbocycles. The van der Waals surface area contributed by atoms with Gasteiger partial charge >= 0.3 is 0 Å². The van der Waals surface area contributed by atoms with E-state index in [9.17, 15) is 4.79 Å². The maximum atomic E-state index is 12.2. The highest BCUT2D eigenvalue weighted by atomic mass is 16.2. The summed E-state index contributed by atoms with van der Waals surface area (Å²) < 4.78 is 1.69. The van der Waals surface area contributed by atoms with E-state index in [2.05, 4.69) is 17.3 Å². The van der Waals surface area contributed by atoms with Crippen molar-refractivity contribution in [3.63, 3.8) is 0 Å². The molecule has 1 aliphatic carbocycles. The van der Waals surface area contributed by atoms with Crippen LogP contribution in [0.5, 0.6) is 0 Å². The van der Waals surface area contributed by atoms with Crippen LogP contribution in [-0.2, 0) is 0 Å². The van der Waals surface area contributed by atoms with Crippen molar-refractivity contribution in [2.24, 2.45) is 5.92 Å². The van der Waals surface area contributed by atoms with Crippen LogP contribution in [0.1, 0.15) is 36.7 Å². The van der Waals surface area contributed by atoms with E-state index in [1.54, 1.807) is 16.9 Å². The van der Waals surface area contributed by atoms with Crippen molar-refractivity contribution >= 4 is 11.6 Å². The standard InChI is InChI=1S/C16H20N4O/c1-11-2-5-13(10-11)18-16(21)15-8-9-20(19-15)14-6-3-12(17)4-7-14/h3-4,6-9,11,13H,2,5,10,17H2,1H3,(H,18,21). The summed E-state index contributed by atoms with van der Waals surface area (Å²) in [6.07, 6.45) is 5.10. The van der Waals surface area contributed by atoms with Crippen LogP contribution in [0.25, 0.3) is 5.69 Å². The first kappa shape index (κ1) is 13.7. The Morgan fingerprint density at radius 1 is 1.29 bits per heavy atom. The van der Waals surface area contributed by atoms with Crippen molar-refractivity contribution in [3.05, 3.63) is 42.2 Å². The van der Waals surface area contributed by atoms with E-state index in [1.165, 1.54) is 6.42 Å². The molecule has 2 unspecified atom stereocenters. The summed E-state index contributed by atoms with van der Waals surface area (Å²) in [5.41, 5.74) is 7.71. The lowest BCUT2D eigenvalue weighted by Gasteiger charge is -2.10. The Labute approximate surface area is 124 Å². The Morgan fingerprint density at radius 2 is 2.05 bits per heavy atom. The first-order valence-electron chi connectivity index (χ1n) is 7.34. The molecule has 1 aromatic carbocycles. The lowest BCUT2D eigenvalue weighted by atomic mass is 10.1. The first-order chi connectivity index (χ1) is 10.1. The zero-order valence-corrected chi connectivity index (χ0v) is 12.1. The average Bonchev–Trinajstić information content (AvgIpc) is 3.09. The van der Waals surface area contributed by atoms with E-state index in [1.807, 2.05) is 24.3 Å². The third-order valence-electron chi connectivity index (χ3n) is 4.01. The summed E-state index contributed by atoms with van der Waals surface area (Å²) >= 11 is 0. The van der Waals surface area contributed by atoms with Gasteiger partial charge in [-0.1, -0.05) is 6.92 Å². The Morgan fingerprint density at radius 3 is 2.71 bits per heavy atom. The number of hydrogen-bond donors (Lipinski definition) is 2. The maximum Gasteiger partial charge on any atom is 0.272 e. The zero-order chi connectivity index (χ0) is 14.8. The van der Waals surface area contributed by atoms with Gasteiger partial charge in [-0.25, -0.2) is 4.68 Å². The van der Waals surface area contributed by atoms with E-state index in [-0.39, 0.29) is 11.9 Å². The molecule has 1 heterocycles. The molecule has 2 aromatic rings. The second-order valence-corrected chi connectivity index (χ2v) is 5.83. The van der Waals surface area contributed by atoms with Crippen LogP contribution in [0, 0.1) is 5.92 Å². The van der Waals surface area contributed by atoms with E-state index in [0.29, 0.717) is 17.3 Å². The van der Waals surface area contributed by atoms with Crippen LogP contribution < -0.4 is 11.1 Å². The molecule has 5 nitrogen and oxygen atoms in total. The molecular weight excluding hydrogens is 264 g/mol. The smallest absolute Gasteiger partial charge is 0.272 e. The number of carbonyl (C=O) groups is 1. The van der Waals surface area contributed by atoms with Crippen molar-refractivity contribution in [1.82, 2.24) is 15.1 Å². The van der Waals surface area contributed by atoms with Gasteiger partial charge in [-0.15, -0.1) is 0 Å². The van der Waals surface area contributed by atoms with E-state index < -0.39 is 0 Å². The quantitative estimate of drug-likeness (QED) is 0.850. The van der Waals surface area contributed by atoms with Gasteiger partial charge in [0.15, 0.2) is 5.69 Å². The summed E-state index contributed by atoms with van der Waals surface area (Å²) in [6.45, 7) is 2.22. The van der Waals surface area contributed by atoms with Crippen molar-refractivity contribution in [2.45, 2.75) is 32.2 Å². The number of amides is 1. The fourth-order valence-electron chi connectivity index (χ4n) is 2.81. The van der Waals surface area contributed by atoms with Gasteiger partial charge in [0.1, 0.15) is 0 Å². The van der Waals surface area contributed by atoms with Gasteiger partial charge in [0.25, 0.3) is 5.91 Å². The molecule has 0 bridgehead atoms. The molecule has 3 rings (SSSR count). The molecule has 1 amide bonds. The molecule has 3 N–H and O–H groups in total. The number of nitrogens with zero attached hydrogens (tertiary/aromatic N) is 2. The minimum absolute atomic E-state index is 0.0942. The number of hydrogen-bond acceptors (Lipinski definition) is 3. The molecule has 0 aliphatic heterocycles. The number of nitrogens with two attached hydrogens (primary N) is 1. The van der Waals surface area contributed by atoms with Crippen LogP contribution in [0.3, 0.4) is 0 Å². The topological polar surface area (TPSA) is 72.9 Å². The highest BCUT2D eigenvalue weighted by molar-refractivity contribution is 5.92. The Hall–Kier alpha value is -2.30. The summed E-state index contributed by atoms with van der Waals surface area (Å²) in [7, 11) is 0. The van der Waals surface area contributed by atoms with Gasteiger partial charge in [-0.05, 0) is 55.5 Å². The number of aromatic nitrogens is 2. The van der Waals surface area contributed by atoms with Crippen LogP contribution >= 0.6 is 0 Å². The lowest BCUT2D eigenvalue weighted by Crippen LogP contribution is -2.33. The molecular formula is C16H20N4O. The molecule has 1 aromatic heterocycles. The van der Waals surface area contributed by atoms with Crippen LogP contribution in [0.4, 0.5) is 5.69 Å². The maximum absolute atomic E-state index is 12.2. The fraction of sp³-hybridized carbons (Fsp3) is 0.375. The van der Waals surface area contributed by atoms with Gasteiger partial charge in [0.2, 0.25) is 0 Å². The molecule has 2 atom stereocenters. The van der Waals surface area contributed by atoms with Gasteiger partial charge in [0.05, 0.1) is 5.69 Å². The third-order valence-corrected chi connectivity index (χ3v) is 4.01. The van der Waals surface area contributed by atoms with Gasteiger partial charge in [0, 0.05) is 17.9 Å². The normalized spacial score (nSPS) is 21.4. The van der Waals surface area contributed by atoms with E-state index in [4.69, 9.17) is 5.73 Å². The minimum Gasteiger partial charge on any atom is -0.399 e. The fourth-order valence-corrected chi connectivity index (χ4v) is 2.81. The molecule has 0 radical (unpaired) electrons. The summed E-state index contributed by atoms with van der Waals surface area (Å²) in [4.78, 5) is 12.2. The molecule has 0 saturated heterocycles. The second-order valence-electron chi connectivity index (χ2n) is 5.83. The van der Waals surface area contributed by atoms with Crippen LogP contribution in [0.2, 0.25) is 0 Å². The van der Waals surface area contributed by atoms with Crippen LogP contribution in [0.15, 0.2) is 36.5 Å². The largest absolute Gasteiger partial charge is 0.399 e. The number of nitrogen functional groups attached to an aromatic ring is 1. The number of benzene rings is 1. The summed E-state index contributed by atoms with van der Waals surface area (Å²) in [5.74, 6) is 0.603. The SMILES string of the molecule is CC1CCC(NC(=O)c2ccn(-c3ccc(N)cc3)n2)C1. The molecule has 1 fully saturated rings. The highest BCUT2D eigenvalue weighted by Gasteiger charge is 2.23. The minimum atomic E-state index is -0.0942. The molecule has 110 valence electrons.